The molecular weight excluding hydrogens is 279 g/mol. The number of nitrogen functional groups attached to an aromatic ring is 1. The number of benzene rings is 1. The summed E-state index contributed by atoms with van der Waals surface area (Å²) in [5.41, 5.74) is 5.15. The standard InChI is InChI=1S/C12H16F3NS2/c1-2-17-6-3-7-18-11-5-4-9(8-10(11)16)12(13,14)15/h4-5,8H,2-3,6-7,16H2,1H3. The molecule has 0 aromatic heterocycles. The molecule has 0 aliphatic heterocycles. The normalized spacial score (nSPS) is 11.8. The summed E-state index contributed by atoms with van der Waals surface area (Å²) in [4.78, 5) is 0.726. The lowest BCUT2D eigenvalue weighted by molar-refractivity contribution is -0.137. The Hall–Kier alpha value is -0.490. The van der Waals surface area contributed by atoms with Gasteiger partial charge in [-0.05, 0) is 41.9 Å². The summed E-state index contributed by atoms with van der Waals surface area (Å²) in [7, 11) is 0. The molecule has 0 radical (unpaired) electrons. The van der Waals surface area contributed by atoms with Crippen LogP contribution in [-0.4, -0.2) is 17.3 Å². The van der Waals surface area contributed by atoms with Crippen molar-refractivity contribution in [2.45, 2.75) is 24.4 Å². The highest BCUT2D eigenvalue weighted by Gasteiger charge is 2.30. The van der Waals surface area contributed by atoms with Crippen LogP contribution in [0.5, 0.6) is 0 Å². The van der Waals surface area contributed by atoms with Gasteiger partial charge in [-0.1, -0.05) is 6.92 Å². The van der Waals surface area contributed by atoms with Crippen molar-refractivity contribution in [3.8, 4) is 0 Å². The van der Waals surface area contributed by atoms with Crippen molar-refractivity contribution in [1.82, 2.24) is 0 Å². The fraction of sp³-hybridized carbons (Fsp3) is 0.500. The molecule has 1 aromatic carbocycles. The van der Waals surface area contributed by atoms with Gasteiger partial charge in [-0.2, -0.15) is 24.9 Å². The SMILES string of the molecule is CCSCCCSc1ccc(C(F)(F)F)cc1N. The van der Waals surface area contributed by atoms with Gasteiger partial charge in [0.1, 0.15) is 0 Å². The van der Waals surface area contributed by atoms with Crippen LogP contribution >= 0.6 is 23.5 Å². The fourth-order valence-electron chi connectivity index (χ4n) is 1.34. The summed E-state index contributed by atoms with van der Waals surface area (Å²) >= 11 is 3.37. The number of halogens is 3. The maximum absolute atomic E-state index is 12.4. The molecule has 0 amide bonds. The van der Waals surface area contributed by atoms with Gasteiger partial charge in [0.25, 0.3) is 0 Å². The van der Waals surface area contributed by atoms with E-state index in [-0.39, 0.29) is 5.69 Å². The van der Waals surface area contributed by atoms with Crippen LogP contribution in [0.4, 0.5) is 18.9 Å². The molecule has 0 aliphatic rings. The highest BCUT2D eigenvalue weighted by atomic mass is 32.2. The quantitative estimate of drug-likeness (QED) is 0.474. The second kappa shape index (κ2) is 7.19. The highest BCUT2D eigenvalue weighted by Crippen LogP contribution is 2.34. The van der Waals surface area contributed by atoms with E-state index in [1.807, 2.05) is 11.8 Å². The van der Waals surface area contributed by atoms with Gasteiger partial charge in [0.2, 0.25) is 0 Å². The first kappa shape index (κ1) is 15.6. The van der Waals surface area contributed by atoms with Crippen LogP contribution in [0.15, 0.2) is 23.1 Å². The smallest absolute Gasteiger partial charge is 0.398 e. The summed E-state index contributed by atoms with van der Waals surface area (Å²) < 4.78 is 37.3. The van der Waals surface area contributed by atoms with E-state index in [9.17, 15) is 13.2 Å². The van der Waals surface area contributed by atoms with Gasteiger partial charge in [0.05, 0.1) is 5.56 Å². The minimum absolute atomic E-state index is 0.206. The third kappa shape index (κ3) is 5.02. The molecule has 0 heterocycles. The Kier molecular flexibility index (Phi) is 6.21. The lowest BCUT2D eigenvalue weighted by Gasteiger charge is -2.10. The maximum atomic E-state index is 12.4. The van der Waals surface area contributed by atoms with Gasteiger partial charge in [-0.15, -0.1) is 11.8 Å². The van der Waals surface area contributed by atoms with E-state index in [1.54, 1.807) is 0 Å². The summed E-state index contributed by atoms with van der Waals surface area (Å²) in [5.74, 6) is 3.04. The molecule has 0 saturated carbocycles. The van der Waals surface area contributed by atoms with Gasteiger partial charge >= 0.3 is 6.18 Å². The maximum Gasteiger partial charge on any atom is 0.416 e. The third-order valence-electron chi connectivity index (χ3n) is 2.23. The second-order valence-corrected chi connectivity index (χ2v) is 6.18. The third-order valence-corrected chi connectivity index (χ3v) is 4.39. The van der Waals surface area contributed by atoms with E-state index in [0.29, 0.717) is 0 Å². The summed E-state index contributed by atoms with van der Waals surface area (Å²) in [6.45, 7) is 2.10. The van der Waals surface area contributed by atoms with Crippen LogP contribution in [0.3, 0.4) is 0 Å². The topological polar surface area (TPSA) is 26.0 Å². The lowest BCUT2D eigenvalue weighted by Crippen LogP contribution is -2.05. The first-order valence-corrected chi connectivity index (χ1v) is 7.76. The molecule has 0 atom stereocenters. The molecule has 18 heavy (non-hydrogen) atoms. The van der Waals surface area contributed by atoms with Crippen LogP contribution in [0, 0.1) is 0 Å². The van der Waals surface area contributed by atoms with Gasteiger partial charge in [-0.3, -0.25) is 0 Å². The van der Waals surface area contributed by atoms with E-state index >= 15 is 0 Å². The Morgan fingerprint density at radius 2 is 1.94 bits per heavy atom. The molecular formula is C12H16F3NS2. The first-order chi connectivity index (χ1) is 8.45. The number of hydrogen-bond acceptors (Lipinski definition) is 3. The lowest BCUT2D eigenvalue weighted by atomic mass is 10.2. The Bertz CT molecular complexity index is 380. The van der Waals surface area contributed by atoms with Gasteiger partial charge < -0.3 is 5.73 Å². The largest absolute Gasteiger partial charge is 0.416 e. The zero-order valence-electron chi connectivity index (χ0n) is 10.1. The van der Waals surface area contributed by atoms with Gasteiger partial charge in [0.15, 0.2) is 0 Å². The second-order valence-electron chi connectivity index (χ2n) is 3.65. The molecule has 0 bridgehead atoms. The van der Waals surface area contributed by atoms with Crippen molar-refractivity contribution >= 4 is 29.2 Å². The van der Waals surface area contributed by atoms with Crippen LogP contribution in [0.1, 0.15) is 18.9 Å². The average molecular weight is 295 g/mol. The van der Waals surface area contributed by atoms with Crippen molar-refractivity contribution in [1.29, 1.82) is 0 Å². The van der Waals surface area contributed by atoms with Crippen LogP contribution in [0.2, 0.25) is 0 Å². The zero-order valence-corrected chi connectivity index (χ0v) is 11.7. The number of hydrogen-bond donors (Lipinski definition) is 1. The van der Waals surface area contributed by atoms with Crippen molar-refractivity contribution in [3.05, 3.63) is 23.8 Å². The zero-order chi connectivity index (χ0) is 13.6. The molecule has 0 saturated heterocycles. The minimum atomic E-state index is -4.32. The molecule has 1 nitrogen and oxygen atoms in total. The van der Waals surface area contributed by atoms with E-state index in [1.165, 1.54) is 17.8 Å². The molecule has 1 aromatic rings. The fourth-order valence-corrected chi connectivity index (χ4v) is 3.06. The highest BCUT2D eigenvalue weighted by molar-refractivity contribution is 8.00. The molecule has 102 valence electrons. The van der Waals surface area contributed by atoms with Gasteiger partial charge in [0, 0.05) is 10.6 Å². The molecule has 2 N–H and O–H groups in total. The molecule has 6 heteroatoms. The molecule has 1 rings (SSSR count). The first-order valence-electron chi connectivity index (χ1n) is 5.62. The van der Waals surface area contributed by atoms with Crippen molar-refractivity contribution in [2.24, 2.45) is 0 Å². The van der Waals surface area contributed by atoms with E-state index in [4.69, 9.17) is 5.73 Å². The van der Waals surface area contributed by atoms with Crippen molar-refractivity contribution in [2.75, 3.05) is 23.0 Å². The number of alkyl halides is 3. The molecule has 0 unspecified atom stereocenters. The number of rotatable bonds is 6. The van der Waals surface area contributed by atoms with Gasteiger partial charge in [-0.25, -0.2) is 0 Å². The Morgan fingerprint density at radius 3 is 2.50 bits per heavy atom. The van der Waals surface area contributed by atoms with Crippen LogP contribution in [0.25, 0.3) is 0 Å². The van der Waals surface area contributed by atoms with Crippen LogP contribution in [-0.2, 0) is 6.18 Å². The number of thioether (sulfide) groups is 2. The predicted octanol–water partition coefficient (Wildman–Crippen LogP) is 4.52. The Morgan fingerprint density at radius 1 is 1.22 bits per heavy atom. The van der Waals surface area contributed by atoms with Crippen molar-refractivity contribution in [3.63, 3.8) is 0 Å². The summed E-state index contributed by atoms with van der Waals surface area (Å²) in [5, 5.41) is 0. The van der Waals surface area contributed by atoms with Crippen molar-refractivity contribution < 1.29 is 13.2 Å². The van der Waals surface area contributed by atoms with E-state index < -0.39 is 11.7 Å². The molecule has 0 aliphatic carbocycles. The van der Waals surface area contributed by atoms with E-state index in [2.05, 4.69) is 6.92 Å². The Labute approximate surface area is 114 Å². The monoisotopic (exact) mass is 295 g/mol. The molecule has 0 fully saturated rings. The van der Waals surface area contributed by atoms with E-state index in [0.717, 1.165) is 40.7 Å². The minimum Gasteiger partial charge on any atom is -0.398 e. The number of nitrogens with two attached hydrogens (primary N) is 1. The average Bonchev–Trinajstić information content (AvgIpc) is 2.29. The summed E-state index contributed by atoms with van der Waals surface area (Å²) in [6, 6.07) is 3.54. The number of anilines is 1. The summed E-state index contributed by atoms with van der Waals surface area (Å²) in [6.07, 6.45) is -3.29. The van der Waals surface area contributed by atoms with Crippen LogP contribution < -0.4 is 5.73 Å². The predicted molar refractivity (Wildman–Crippen MR) is 74.2 cm³/mol. The molecule has 0 spiro atoms. The Balaban J connectivity index is 2.53.